The Hall–Kier alpha value is -1.70. The molecule has 1 aromatic heterocycles. The molecule has 1 aliphatic heterocycles. The number of aromatic nitrogens is 1. The van der Waals surface area contributed by atoms with Gasteiger partial charge in [-0.15, -0.1) is 0 Å². The molecule has 0 saturated carbocycles. The SMILES string of the molecule is CCOCC(O)CN1CCN(C(=O)c2ccc(=O)[nH]c2)CC1. The molecule has 2 rings (SSSR count). The summed E-state index contributed by atoms with van der Waals surface area (Å²) in [5.74, 6) is -0.0780. The molecule has 0 aliphatic carbocycles. The van der Waals surface area contributed by atoms with E-state index in [1.54, 1.807) is 11.0 Å². The second-order valence-electron chi connectivity index (χ2n) is 5.35. The van der Waals surface area contributed by atoms with Gasteiger partial charge in [0.1, 0.15) is 0 Å². The second-order valence-corrected chi connectivity index (χ2v) is 5.35. The quantitative estimate of drug-likeness (QED) is 0.742. The highest BCUT2D eigenvalue weighted by molar-refractivity contribution is 5.93. The van der Waals surface area contributed by atoms with Crippen molar-refractivity contribution >= 4 is 5.91 Å². The molecule has 2 heterocycles. The zero-order valence-corrected chi connectivity index (χ0v) is 12.8. The summed E-state index contributed by atoms with van der Waals surface area (Å²) in [6.45, 7) is 6.05. The monoisotopic (exact) mass is 309 g/mol. The van der Waals surface area contributed by atoms with E-state index in [2.05, 4.69) is 9.88 Å². The summed E-state index contributed by atoms with van der Waals surface area (Å²) in [6, 6.07) is 2.90. The number of hydrogen-bond acceptors (Lipinski definition) is 5. The first-order chi connectivity index (χ1) is 10.6. The summed E-state index contributed by atoms with van der Waals surface area (Å²) in [4.78, 5) is 29.7. The maximum absolute atomic E-state index is 12.3. The van der Waals surface area contributed by atoms with Crippen molar-refractivity contribution in [2.75, 3.05) is 45.9 Å². The third-order valence-electron chi connectivity index (χ3n) is 3.67. The van der Waals surface area contributed by atoms with Gasteiger partial charge in [-0.3, -0.25) is 14.5 Å². The first kappa shape index (κ1) is 16.7. The Kier molecular flexibility index (Phi) is 6.11. The number of carbonyl (C=O) groups is 1. The van der Waals surface area contributed by atoms with Crippen molar-refractivity contribution in [1.82, 2.24) is 14.8 Å². The minimum atomic E-state index is -0.499. The first-order valence-corrected chi connectivity index (χ1v) is 7.56. The molecule has 122 valence electrons. The van der Waals surface area contributed by atoms with Gasteiger partial charge in [-0.2, -0.15) is 0 Å². The van der Waals surface area contributed by atoms with Crippen LogP contribution in [-0.4, -0.2) is 77.8 Å². The van der Waals surface area contributed by atoms with E-state index in [9.17, 15) is 14.7 Å². The minimum Gasteiger partial charge on any atom is -0.389 e. The fourth-order valence-electron chi connectivity index (χ4n) is 2.46. The lowest BCUT2D eigenvalue weighted by molar-refractivity contribution is 0.0111. The van der Waals surface area contributed by atoms with Gasteiger partial charge in [0, 0.05) is 51.6 Å². The van der Waals surface area contributed by atoms with Gasteiger partial charge in [0.2, 0.25) is 5.56 Å². The highest BCUT2D eigenvalue weighted by atomic mass is 16.5. The van der Waals surface area contributed by atoms with Crippen LogP contribution in [0.1, 0.15) is 17.3 Å². The number of H-pyrrole nitrogens is 1. The van der Waals surface area contributed by atoms with Crippen molar-refractivity contribution in [1.29, 1.82) is 0 Å². The predicted molar refractivity (Wildman–Crippen MR) is 81.9 cm³/mol. The van der Waals surface area contributed by atoms with E-state index >= 15 is 0 Å². The minimum absolute atomic E-state index is 0.0780. The topological polar surface area (TPSA) is 85.9 Å². The van der Waals surface area contributed by atoms with E-state index < -0.39 is 6.10 Å². The van der Waals surface area contributed by atoms with Crippen LogP contribution in [0.25, 0.3) is 0 Å². The summed E-state index contributed by atoms with van der Waals surface area (Å²) >= 11 is 0. The largest absolute Gasteiger partial charge is 0.389 e. The third-order valence-corrected chi connectivity index (χ3v) is 3.67. The van der Waals surface area contributed by atoms with Crippen LogP contribution in [0.3, 0.4) is 0 Å². The summed E-state index contributed by atoms with van der Waals surface area (Å²) in [5, 5.41) is 9.83. The zero-order valence-electron chi connectivity index (χ0n) is 12.8. The number of nitrogens with one attached hydrogen (secondary N) is 1. The number of amides is 1. The van der Waals surface area contributed by atoms with Crippen LogP contribution in [-0.2, 0) is 4.74 Å². The average Bonchev–Trinajstić information content (AvgIpc) is 2.54. The number of rotatable bonds is 6. The molecule has 1 amide bonds. The maximum Gasteiger partial charge on any atom is 0.255 e. The van der Waals surface area contributed by atoms with Crippen molar-refractivity contribution in [3.63, 3.8) is 0 Å². The molecule has 0 radical (unpaired) electrons. The Morgan fingerprint density at radius 1 is 1.36 bits per heavy atom. The lowest BCUT2D eigenvalue weighted by atomic mass is 10.2. The Balaban J connectivity index is 1.80. The van der Waals surface area contributed by atoms with Gasteiger partial charge in [-0.1, -0.05) is 0 Å². The van der Waals surface area contributed by atoms with Gasteiger partial charge in [0.05, 0.1) is 18.3 Å². The highest BCUT2D eigenvalue weighted by Gasteiger charge is 2.23. The zero-order chi connectivity index (χ0) is 15.9. The van der Waals surface area contributed by atoms with E-state index in [-0.39, 0.29) is 11.5 Å². The van der Waals surface area contributed by atoms with Crippen molar-refractivity contribution in [3.8, 4) is 0 Å². The van der Waals surface area contributed by atoms with Crippen molar-refractivity contribution < 1.29 is 14.6 Å². The standard InChI is InChI=1S/C15H23N3O4/c1-2-22-11-13(19)10-17-5-7-18(8-6-17)15(21)12-3-4-14(20)16-9-12/h3-4,9,13,19H,2,5-8,10-11H2,1H3,(H,16,20). The van der Waals surface area contributed by atoms with Crippen molar-refractivity contribution in [3.05, 3.63) is 34.2 Å². The molecule has 0 aromatic carbocycles. The second kappa shape index (κ2) is 8.07. The number of piperazine rings is 1. The molecular weight excluding hydrogens is 286 g/mol. The number of ether oxygens (including phenoxy) is 1. The van der Waals surface area contributed by atoms with Gasteiger partial charge < -0.3 is 19.7 Å². The van der Waals surface area contributed by atoms with E-state index in [1.165, 1.54) is 12.3 Å². The number of aromatic amines is 1. The molecule has 0 spiro atoms. The molecule has 22 heavy (non-hydrogen) atoms. The normalized spacial score (nSPS) is 17.5. The van der Waals surface area contributed by atoms with Gasteiger partial charge >= 0.3 is 0 Å². The van der Waals surface area contributed by atoms with Crippen LogP contribution in [0.5, 0.6) is 0 Å². The summed E-state index contributed by atoms with van der Waals surface area (Å²) < 4.78 is 5.19. The lowest BCUT2D eigenvalue weighted by Gasteiger charge is -2.35. The Morgan fingerprint density at radius 2 is 2.09 bits per heavy atom. The molecule has 7 heteroatoms. The summed E-state index contributed by atoms with van der Waals surface area (Å²) in [5.41, 5.74) is 0.272. The molecule has 1 saturated heterocycles. The average molecular weight is 309 g/mol. The summed E-state index contributed by atoms with van der Waals surface area (Å²) in [7, 11) is 0. The van der Waals surface area contributed by atoms with E-state index in [0.717, 1.165) is 13.1 Å². The highest BCUT2D eigenvalue weighted by Crippen LogP contribution is 2.08. The maximum atomic E-state index is 12.3. The molecule has 7 nitrogen and oxygen atoms in total. The van der Waals surface area contributed by atoms with Crippen LogP contribution in [0.2, 0.25) is 0 Å². The van der Waals surface area contributed by atoms with Gasteiger partial charge in [0.25, 0.3) is 5.91 Å². The van der Waals surface area contributed by atoms with Crippen LogP contribution < -0.4 is 5.56 Å². The van der Waals surface area contributed by atoms with Gasteiger partial charge in [-0.05, 0) is 13.0 Å². The van der Waals surface area contributed by atoms with E-state index in [4.69, 9.17) is 4.74 Å². The number of β-amino-alcohol motifs (C(OH)–C–C–N with tert-alkyl or cyclic N) is 1. The Morgan fingerprint density at radius 3 is 2.68 bits per heavy atom. The Bertz CT molecular complexity index is 517. The van der Waals surface area contributed by atoms with E-state index in [0.29, 0.717) is 38.4 Å². The van der Waals surface area contributed by atoms with Crippen LogP contribution >= 0.6 is 0 Å². The smallest absolute Gasteiger partial charge is 0.255 e. The first-order valence-electron chi connectivity index (χ1n) is 7.56. The lowest BCUT2D eigenvalue weighted by Crippen LogP contribution is -2.50. The molecule has 1 unspecified atom stereocenters. The Labute approximate surface area is 129 Å². The van der Waals surface area contributed by atoms with Gasteiger partial charge in [-0.25, -0.2) is 0 Å². The van der Waals surface area contributed by atoms with Crippen LogP contribution in [0.15, 0.2) is 23.1 Å². The molecule has 1 aromatic rings. The molecular formula is C15H23N3O4. The number of aliphatic hydroxyl groups is 1. The molecule has 1 aliphatic rings. The number of carbonyl (C=O) groups excluding carboxylic acids is 1. The fraction of sp³-hybridized carbons (Fsp3) is 0.600. The van der Waals surface area contributed by atoms with Gasteiger partial charge in [0.15, 0.2) is 0 Å². The number of aliphatic hydroxyl groups excluding tert-OH is 1. The fourth-order valence-corrected chi connectivity index (χ4v) is 2.46. The molecule has 1 fully saturated rings. The van der Waals surface area contributed by atoms with Crippen molar-refractivity contribution in [2.24, 2.45) is 0 Å². The third kappa shape index (κ3) is 4.66. The number of nitrogens with zero attached hydrogens (tertiary/aromatic N) is 2. The number of pyridine rings is 1. The van der Waals surface area contributed by atoms with Crippen LogP contribution in [0.4, 0.5) is 0 Å². The molecule has 0 bridgehead atoms. The number of hydrogen-bond donors (Lipinski definition) is 2. The summed E-state index contributed by atoms with van der Waals surface area (Å²) in [6.07, 6.45) is 0.949. The van der Waals surface area contributed by atoms with Crippen LogP contribution in [0, 0.1) is 0 Å². The predicted octanol–water partition coefficient (Wildman–Crippen LogP) is -0.470. The van der Waals surface area contributed by atoms with E-state index in [1.807, 2.05) is 6.92 Å². The molecule has 2 N–H and O–H groups in total. The molecule has 1 atom stereocenters. The van der Waals surface area contributed by atoms with Crippen molar-refractivity contribution in [2.45, 2.75) is 13.0 Å².